The van der Waals surface area contributed by atoms with Gasteiger partial charge in [0.15, 0.2) is 11.3 Å². The molecule has 102 valence electrons. The van der Waals surface area contributed by atoms with Gasteiger partial charge in [-0.3, -0.25) is 0 Å². The third kappa shape index (κ3) is 2.47. The van der Waals surface area contributed by atoms with Crippen molar-refractivity contribution < 1.29 is 9.15 Å². The molecule has 3 rings (SSSR count). The first-order valence-corrected chi connectivity index (χ1v) is 7.07. The number of furan rings is 1. The fraction of sp³-hybridized carbons (Fsp3) is 0.500. The first-order chi connectivity index (χ1) is 9.28. The summed E-state index contributed by atoms with van der Waals surface area (Å²) in [6.45, 7) is 3.14. The molecule has 1 aromatic carbocycles. The fourth-order valence-electron chi connectivity index (χ4n) is 2.98. The van der Waals surface area contributed by atoms with Gasteiger partial charge in [0.2, 0.25) is 0 Å². The molecule has 2 aromatic rings. The lowest BCUT2D eigenvalue weighted by molar-refractivity contribution is 0.398. The van der Waals surface area contributed by atoms with E-state index in [1.54, 1.807) is 7.11 Å². The molecule has 1 unspecified atom stereocenters. The molecule has 3 heteroatoms. The first kappa shape index (κ1) is 12.5. The average molecular weight is 259 g/mol. The Morgan fingerprint density at radius 3 is 3.00 bits per heavy atom. The minimum Gasteiger partial charge on any atom is -0.493 e. The maximum Gasteiger partial charge on any atom is 0.176 e. The molecule has 1 aliphatic rings. The normalized spacial score (nSPS) is 19.8. The smallest absolute Gasteiger partial charge is 0.176 e. The van der Waals surface area contributed by atoms with Crippen LogP contribution in [0.1, 0.15) is 30.6 Å². The van der Waals surface area contributed by atoms with Gasteiger partial charge in [-0.15, -0.1) is 0 Å². The molecule has 0 radical (unpaired) electrons. The van der Waals surface area contributed by atoms with Gasteiger partial charge in [0.1, 0.15) is 5.76 Å². The molecule has 1 atom stereocenters. The SMILES string of the molecule is COc1ccc(CC2CCCCN2)c2cc(C)oc12. The summed E-state index contributed by atoms with van der Waals surface area (Å²) in [7, 11) is 1.69. The summed E-state index contributed by atoms with van der Waals surface area (Å²) in [4.78, 5) is 0. The third-order valence-electron chi connectivity index (χ3n) is 3.96. The Morgan fingerprint density at radius 2 is 2.26 bits per heavy atom. The summed E-state index contributed by atoms with van der Waals surface area (Å²) in [6.07, 6.45) is 4.98. The van der Waals surface area contributed by atoms with Gasteiger partial charge in [-0.1, -0.05) is 12.5 Å². The Hall–Kier alpha value is -1.48. The summed E-state index contributed by atoms with van der Waals surface area (Å²) in [6, 6.07) is 6.91. The number of nitrogens with one attached hydrogen (secondary N) is 1. The van der Waals surface area contributed by atoms with Crippen LogP contribution in [0.3, 0.4) is 0 Å². The highest BCUT2D eigenvalue weighted by Crippen LogP contribution is 2.32. The third-order valence-corrected chi connectivity index (χ3v) is 3.96. The Labute approximate surface area is 113 Å². The second kappa shape index (κ2) is 5.25. The van der Waals surface area contributed by atoms with Crippen LogP contribution in [0.4, 0.5) is 0 Å². The molecule has 0 aliphatic carbocycles. The zero-order valence-corrected chi connectivity index (χ0v) is 11.7. The highest BCUT2D eigenvalue weighted by Gasteiger charge is 2.17. The number of ether oxygens (including phenoxy) is 1. The predicted octanol–water partition coefficient (Wildman–Crippen LogP) is 3.43. The number of aryl methyl sites for hydroxylation is 1. The number of rotatable bonds is 3. The largest absolute Gasteiger partial charge is 0.493 e. The van der Waals surface area contributed by atoms with E-state index >= 15 is 0 Å². The molecule has 1 fully saturated rings. The fourth-order valence-corrected chi connectivity index (χ4v) is 2.98. The van der Waals surface area contributed by atoms with Gasteiger partial charge in [0, 0.05) is 11.4 Å². The molecule has 1 aliphatic heterocycles. The van der Waals surface area contributed by atoms with Crippen molar-refractivity contribution in [2.75, 3.05) is 13.7 Å². The molecular formula is C16H21NO2. The van der Waals surface area contributed by atoms with Crippen LogP contribution in [0.2, 0.25) is 0 Å². The van der Waals surface area contributed by atoms with Crippen molar-refractivity contribution in [2.24, 2.45) is 0 Å². The Balaban J connectivity index is 1.94. The molecule has 0 bridgehead atoms. The number of hydrogen-bond donors (Lipinski definition) is 1. The summed E-state index contributed by atoms with van der Waals surface area (Å²) < 4.78 is 11.2. The van der Waals surface area contributed by atoms with E-state index in [0.29, 0.717) is 6.04 Å². The van der Waals surface area contributed by atoms with Crippen LogP contribution in [0.5, 0.6) is 5.75 Å². The number of fused-ring (bicyclic) bond motifs is 1. The molecule has 0 spiro atoms. The summed E-state index contributed by atoms with van der Waals surface area (Å²) in [5.41, 5.74) is 2.24. The van der Waals surface area contributed by atoms with E-state index in [1.165, 1.54) is 30.2 Å². The monoisotopic (exact) mass is 259 g/mol. The van der Waals surface area contributed by atoms with Crippen molar-refractivity contribution >= 4 is 11.0 Å². The lowest BCUT2D eigenvalue weighted by Gasteiger charge is -2.23. The zero-order valence-electron chi connectivity index (χ0n) is 11.7. The number of benzene rings is 1. The van der Waals surface area contributed by atoms with Crippen molar-refractivity contribution in [3.05, 3.63) is 29.5 Å². The molecular weight excluding hydrogens is 238 g/mol. The van der Waals surface area contributed by atoms with Crippen LogP contribution in [0, 0.1) is 6.92 Å². The lowest BCUT2D eigenvalue weighted by Crippen LogP contribution is -2.35. The lowest BCUT2D eigenvalue weighted by atomic mass is 9.96. The minimum absolute atomic E-state index is 0.598. The van der Waals surface area contributed by atoms with Gasteiger partial charge in [-0.05, 0) is 50.4 Å². The van der Waals surface area contributed by atoms with E-state index in [2.05, 4.69) is 17.4 Å². The van der Waals surface area contributed by atoms with Crippen LogP contribution in [0.25, 0.3) is 11.0 Å². The quantitative estimate of drug-likeness (QED) is 0.917. The van der Waals surface area contributed by atoms with Crippen LogP contribution in [-0.4, -0.2) is 19.7 Å². The van der Waals surface area contributed by atoms with Crippen molar-refractivity contribution in [3.63, 3.8) is 0 Å². The Kier molecular flexibility index (Phi) is 3.47. The molecule has 0 saturated carbocycles. The standard InChI is InChI=1S/C16H21NO2/c1-11-9-14-12(10-13-5-3-4-8-17-13)6-7-15(18-2)16(14)19-11/h6-7,9,13,17H,3-5,8,10H2,1-2H3. The first-order valence-electron chi connectivity index (χ1n) is 7.07. The number of methoxy groups -OCH3 is 1. The van der Waals surface area contributed by atoms with Crippen molar-refractivity contribution in [1.82, 2.24) is 5.32 Å². The topological polar surface area (TPSA) is 34.4 Å². The van der Waals surface area contributed by atoms with E-state index in [4.69, 9.17) is 9.15 Å². The molecule has 1 N–H and O–H groups in total. The minimum atomic E-state index is 0.598. The Morgan fingerprint density at radius 1 is 1.37 bits per heavy atom. The maximum atomic E-state index is 5.77. The molecule has 19 heavy (non-hydrogen) atoms. The second-order valence-corrected chi connectivity index (χ2v) is 5.38. The van der Waals surface area contributed by atoms with Gasteiger partial charge < -0.3 is 14.5 Å². The number of hydrogen-bond acceptors (Lipinski definition) is 3. The molecule has 1 aromatic heterocycles. The van der Waals surface area contributed by atoms with Crippen LogP contribution >= 0.6 is 0 Å². The maximum absolute atomic E-state index is 5.77. The average Bonchev–Trinajstić information content (AvgIpc) is 2.82. The summed E-state index contributed by atoms with van der Waals surface area (Å²) in [5, 5.41) is 4.80. The summed E-state index contributed by atoms with van der Waals surface area (Å²) in [5.74, 6) is 1.76. The van der Waals surface area contributed by atoms with Crippen molar-refractivity contribution in [2.45, 2.75) is 38.6 Å². The van der Waals surface area contributed by atoms with Crippen LogP contribution in [-0.2, 0) is 6.42 Å². The van der Waals surface area contributed by atoms with Crippen LogP contribution in [0.15, 0.2) is 22.6 Å². The van der Waals surface area contributed by atoms with E-state index < -0.39 is 0 Å². The molecule has 3 nitrogen and oxygen atoms in total. The van der Waals surface area contributed by atoms with Gasteiger partial charge in [0.25, 0.3) is 0 Å². The molecule has 2 heterocycles. The zero-order chi connectivity index (χ0) is 13.2. The van der Waals surface area contributed by atoms with E-state index in [0.717, 1.165) is 30.1 Å². The van der Waals surface area contributed by atoms with E-state index in [9.17, 15) is 0 Å². The predicted molar refractivity (Wildman–Crippen MR) is 76.8 cm³/mol. The second-order valence-electron chi connectivity index (χ2n) is 5.38. The van der Waals surface area contributed by atoms with E-state index in [1.807, 2.05) is 13.0 Å². The van der Waals surface area contributed by atoms with Gasteiger partial charge in [-0.25, -0.2) is 0 Å². The van der Waals surface area contributed by atoms with Crippen LogP contribution < -0.4 is 10.1 Å². The highest BCUT2D eigenvalue weighted by atomic mass is 16.5. The number of piperidine rings is 1. The molecule has 1 saturated heterocycles. The highest BCUT2D eigenvalue weighted by molar-refractivity contribution is 5.87. The van der Waals surface area contributed by atoms with Crippen molar-refractivity contribution in [1.29, 1.82) is 0 Å². The summed E-state index contributed by atoms with van der Waals surface area (Å²) >= 11 is 0. The van der Waals surface area contributed by atoms with Gasteiger partial charge in [0.05, 0.1) is 7.11 Å². The molecule has 0 amide bonds. The van der Waals surface area contributed by atoms with Crippen molar-refractivity contribution in [3.8, 4) is 5.75 Å². The van der Waals surface area contributed by atoms with E-state index in [-0.39, 0.29) is 0 Å². The Bertz CT molecular complexity index is 567. The van der Waals surface area contributed by atoms with Gasteiger partial charge in [-0.2, -0.15) is 0 Å². The van der Waals surface area contributed by atoms with Gasteiger partial charge >= 0.3 is 0 Å².